The van der Waals surface area contributed by atoms with Gasteiger partial charge in [0, 0.05) is 34.2 Å². The highest BCUT2D eigenvalue weighted by Crippen LogP contribution is 2.27. The second-order valence-electron chi connectivity index (χ2n) is 6.91. The highest BCUT2D eigenvalue weighted by Gasteiger charge is 2.23. The summed E-state index contributed by atoms with van der Waals surface area (Å²) in [5.41, 5.74) is 5.11. The van der Waals surface area contributed by atoms with Crippen LogP contribution in [-0.4, -0.2) is 22.2 Å². The lowest BCUT2D eigenvalue weighted by atomic mass is 10.1. The first-order valence-corrected chi connectivity index (χ1v) is 9.81. The zero-order chi connectivity index (χ0) is 20.1. The number of carboxylic acid groups (broad SMARTS) is 1. The van der Waals surface area contributed by atoms with Crippen LogP contribution in [0.3, 0.4) is 0 Å². The zero-order valence-electron chi connectivity index (χ0n) is 16.2. The molecule has 0 unspecified atom stereocenters. The Kier molecular flexibility index (Phi) is 6.55. The van der Waals surface area contributed by atoms with E-state index >= 15 is 0 Å². The van der Waals surface area contributed by atoms with E-state index < -0.39 is 5.97 Å². The standard InChI is InChI=1S/C23H25ClN2O2/c1-16-21(15-25-14-6-9-18-7-4-3-5-8-18)22(23(27)28)17(2)26(16)20-12-10-19(24)11-13-20/h3-5,7-8,10-13,25H,6,9,14-15H2,1-2H3,(H,27,28). The summed E-state index contributed by atoms with van der Waals surface area (Å²) in [6.07, 6.45) is 2.01. The minimum absolute atomic E-state index is 0.378. The smallest absolute Gasteiger partial charge is 0.337 e. The summed E-state index contributed by atoms with van der Waals surface area (Å²) in [6.45, 7) is 5.18. The molecule has 0 fully saturated rings. The molecule has 28 heavy (non-hydrogen) atoms. The maximum atomic E-state index is 11.9. The normalized spacial score (nSPS) is 11.0. The third-order valence-corrected chi connectivity index (χ3v) is 5.29. The quantitative estimate of drug-likeness (QED) is 0.516. The number of nitrogens with zero attached hydrogens (tertiary/aromatic N) is 1. The molecule has 0 radical (unpaired) electrons. The van der Waals surface area contributed by atoms with Crippen LogP contribution in [0.15, 0.2) is 54.6 Å². The van der Waals surface area contributed by atoms with Crippen molar-refractivity contribution in [2.45, 2.75) is 33.2 Å². The summed E-state index contributed by atoms with van der Waals surface area (Å²) in [5, 5.41) is 13.8. The molecule has 0 aliphatic carbocycles. The van der Waals surface area contributed by atoms with Crippen LogP contribution in [0, 0.1) is 13.8 Å². The highest BCUT2D eigenvalue weighted by molar-refractivity contribution is 6.30. The first-order valence-electron chi connectivity index (χ1n) is 9.43. The number of rotatable bonds is 8. The molecular formula is C23H25ClN2O2. The second kappa shape index (κ2) is 9.09. The molecule has 146 valence electrons. The van der Waals surface area contributed by atoms with Gasteiger partial charge in [0.05, 0.1) is 5.56 Å². The van der Waals surface area contributed by atoms with Crippen molar-refractivity contribution in [1.29, 1.82) is 0 Å². The summed E-state index contributed by atoms with van der Waals surface area (Å²) < 4.78 is 1.99. The molecule has 0 amide bonds. The van der Waals surface area contributed by atoms with Gasteiger partial charge < -0.3 is 15.0 Å². The van der Waals surface area contributed by atoms with Gasteiger partial charge in [-0.05, 0) is 63.1 Å². The van der Waals surface area contributed by atoms with E-state index in [2.05, 4.69) is 17.4 Å². The van der Waals surface area contributed by atoms with Crippen LogP contribution in [-0.2, 0) is 13.0 Å². The summed E-state index contributed by atoms with van der Waals surface area (Å²) in [6, 6.07) is 17.8. The predicted octanol–water partition coefficient (Wildman–Crippen LogP) is 5.17. The van der Waals surface area contributed by atoms with E-state index in [0.717, 1.165) is 42.0 Å². The monoisotopic (exact) mass is 396 g/mol. The summed E-state index contributed by atoms with van der Waals surface area (Å²) >= 11 is 5.99. The Morgan fingerprint density at radius 3 is 2.36 bits per heavy atom. The molecule has 4 nitrogen and oxygen atoms in total. The Bertz CT molecular complexity index is 947. The zero-order valence-corrected chi connectivity index (χ0v) is 17.0. The van der Waals surface area contributed by atoms with Gasteiger partial charge in [-0.2, -0.15) is 0 Å². The SMILES string of the molecule is Cc1c(CNCCCc2ccccc2)c(C(=O)O)c(C)n1-c1ccc(Cl)cc1. The van der Waals surface area contributed by atoms with Gasteiger partial charge in [-0.15, -0.1) is 0 Å². The van der Waals surface area contributed by atoms with Crippen molar-refractivity contribution in [3.63, 3.8) is 0 Å². The number of halogens is 1. The lowest BCUT2D eigenvalue weighted by Crippen LogP contribution is -2.17. The van der Waals surface area contributed by atoms with Crippen molar-refractivity contribution in [2.24, 2.45) is 0 Å². The van der Waals surface area contributed by atoms with Gasteiger partial charge in [0.2, 0.25) is 0 Å². The summed E-state index contributed by atoms with van der Waals surface area (Å²) in [4.78, 5) is 11.9. The van der Waals surface area contributed by atoms with Crippen molar-refractivity contribution >= 4 is 17.6 Å². The van der Waals surface area contributed by atoms with Crippen LogP contribution in [0.1, 0.15) is 39.3 Å². The molecule has 0 aliphatic heterocycles. The van der Waals surface area contributed by atoms with E-state index in [4.69, 9.17) is 11.6 Å². The van der Waals surface area contributed by atoms with Crippen LogP contribution < -0.4 is 5.32 Å². The lowest BCUT2D eigenvalue weighted by Gasteiger charge is -2.10. The first kappa shape index (κ1) is 20.2. The Morgan fingerprint density at radius 1 is 1.04 bits per heavy atom. The van der Waals surface area contributed by atoms with Crippen LogP contribution in [0.2, 0.25) is 5.02 Å². The Balaban J connectivity index is 1.74. The fourth-order valence-corrected chi connectivity index (χ4v) is 3.78. The maximum Gasteiger partial charge on any atom is 0.337 e. The average molecular weight is 397 g/mol. The predicted molar refractivity (Wildman–Crippen MR) is 114 cm³/mol. The van der Waals surface area contributed by atoms with Gasteiger partial charge in [0.15, 0.2) is 0 Å². The molecule has 1 heterocycles. The van der Waals surface area contributed by atoms with Crippen molar-refractivity contribution < 1.29 is 9.90 Å². The Labute approximate surface area is 170 Å². The number of benzene rings is 2. The van der Waals surface area contributed by atoms with Crippen LogP contribution in [0.25, 0.3) is 5.69 Å². The third-order valence-electron chi connectivity index (χ3n) is 5.03. The van der Waals surface area contributed by atoms with Crippen molar-refractivity contribution in [2.75, 3.05) is 6.54 Å². The first-order chi connectivity index (χ1) is 13.5. The average Bonchev–Trinajstić information content (AvgIpc) is 2.93. The molecule has 2 aromatic carbocycles. The van der Waals surface area contributed by atoms with E-state index in [0.29, 0.717) is 17.1 Å². The van der Waals surface area contributed by atoms with Gasteiger partial charge >= 0.3 is 5.97 Å². The molecule has 0 bridgehead atoms. The molecule has 3 rings (SSSR count). The Hall–Kier alpha value is -2.56. The maximum absolute atomic E-state index is 11.9. The van der Waals surface area contributed by atoms with E-state index in [-0.39, 0.29) is 0 Å². The molecule has 0 aliphatic rings. The number of carboxylic acids is 1. The van der Waals surface area contributed by atoms with E-state index in [9.17, 15) is 9.90 Å². The fraction of sp³-hybridized carbons (Fsp3) is 0.261. The molecule has 1 aromatic heterocycles. The second-order valence-corrected chi connectivity index (χ2v) is 7.34. The van der Waals surface area contributed by atoms with E-state index in [1.807, 2.05) is 60.9 Å². The van der Waals surface area contributed by atoms with Crippen molar-refractivity contribution in [3.8, 4) is 5.69 Å². The summed E-state index contributed by atoms with van der Waals surface area (Å²) in [7, 11) is 0. The molecule has 0 spiro atoms. The molecule has 0 atom stereocenters. The molecule has 0 saturated heterocycles. The van der Waals surface area contributed by atoms with Gasteiger partial charge in [0.25, 0.3) is 0 Å². The molecule has 5 heteroatoms. The Morgan fingerprint density at radius 2 is 1.71 bits per heavy atom. The van der Waals surface area contributed by atoms with Crippen LogP contribution in [0.4, 0.5) is 0 Å². The number of carbonyl (C=O) groups is 1. The number of hydrogen-bond acceptors (Lipinski definition) is 2. The topological polar surface area (TPSA) is 54.3 Å². The number of aromatic carboxylic acids is 1. The molecule has 2 N–H and O–H groups in total. The largest absolute Gasteiger partial charge is 0.478 e. The van der Waals surface area contributed by atoms with Gasteiger partial charge in [-0.1, -0.05) is 41.9 Å². The molecular weight excluding hydrogens is 372 g/mol. The van der Waals surface area contributed by atoms with E-state index in [1.165, 1.54) is 5.56 Å². The third kappa shape index (κ3) is 4.46. The van der Waals surface area contributed by atoms with Crippen LogP contribution in [0.5, 0.6) is 0 Å². The number of aryl methyl sites for hydroxylation is 1. The van der Waals surface area contributed by atoms with Crippen LogP contribution >= 0.6 is 11.6 Å². The van der Waals surface area contributed by atoms with Gasteiger partial charge in [-0.3, -0.25) is 0 Å². The van der Waals surface area contributed by atoms with Crippen molar-refractivity contribution in [1.82, 2.24) is 9.88 Å². The minimum atomic E-state index is -0.894. The minimum Gasteiger partial charge on any atom is -0.478 e. The summed E-state index contributed by atoms with van der Waals surface area (Å²) in [5.74, 6) is -0.894. The number of nitrogens with one attached hydrogen (secondary N) is 1. The van der Waals surface area contributed by atoms with Crippen molar-refractivity contribution in [3.05, 3.63) is 87.7 Å². The highest BCUT2D eigenvalue weighted by atomic mass is 35.5. The fourth-order valence-electron chi connectivity index (χ4n) is 3.65. The molecule has 0 saturated carbocycles. The van der Waals surface area contributed by atoms with Gasteiger partial charge in [0.1, 0.15) is 0 Å². The molecule has 3 aromatic rings. The van der Waals surface area contributed by atoms with E-state index in [1.54, 1.807) is 0 Å². The van der Waals surface area contributed by atoms with Gasteiger partial charge in [-0.25, -0.2) is 4.79 Å². The number of aromatic nitrogens is 1. The number of hydrogen-bond donors (Lipinski definition) is 2. The lowest BCUT2D eigenvalue weighted by molar-refractivity contribution is 0.0695.